The molecule has 2 heteroatoms. The Morgan fingerprint density at radius 2 is 2.00 bits per heavy atom. The van der Waals surface area contributed by atoms with Gasteiger partial charge in [-0.15, -0.1) is 0 Å². The second-order valence-corrected chi connectivity index (χ2v) is 5.50. The van der Waals surface area contributed by atoms with Gasteiger partial charge in [0.1, 0.15) is 0 Å². The van der Waals surface area contributed by atoms with E-state index in [2.05, 4.69) is 13.8 Å². The molecular weight excluding hydrogens is 188 g/mol. The molecule has 1 N–H and O–H groups in total. The van der Waals surface area contributed by atoms with Crippen LogP contribution in [-0.2, 0) is 4.74 Å². The number of rotatable bonds is 1. The van der Waals surface area contributed by atoms with Crippen LogP contribution in [0, 0.1) is 11.8 Å². The molecule has 2 nitrogen and oxygen atoms in total. The van der Waals surface area contributed by atoms with Crippen molar-refractivity contribution in [2.24, 2.45) is 11.8 Å². The van der Waals surface area contributed by atoms with E-state index in [1.807, 2.05) is 6.26 Å². The van der Waals surface area contributed by atoms with E-state index >= 15 is 0 Å². The van der Waals surface area contributed by atoms with Crippen LogP contribution in [0.2, 0.25) is 0 Å². The van der Waals surface area contributed by atoms with Crippen molar-refractivity contribution in [1.29, 1.82) is 0 Å². The topological polar surface area (TPSA) is 29.5 Å². The van der Waals surface area contributed by atoms with Crippen LogP contribution in [0.3, 0.4) is 0 Å². The van der Waals surface area contributed by atoms with Gasteiger partial charge in [-0.25, -0.2) is 0 Å². The Kier molecular flexibility index (Phi) is 3.06. The summed E-state index contributed by atoms with van der Waals surface area (Å²) in [5.74, 6) is 1.25. The van der Waals surface area contributed by atoms with E-state index in [0.717, 1.165) is 37.9 Å². The van der Waals surface area contributed by atoms with E-state index in [0.29, 0.717) is 11.8 Å². The van der Waals surface area contributed by atoms with Crippen LogP contribution < -0.4 is 0 Å². The molecule has 0 aromatic rings. The van der Waals surface area contributed by atoms with E-state index in [1.54, 1.807) is 0 Å². The third kappa shape index (κ3) is 2.36. The van der Waals surface area contributed by atoms with Crippen LogP contribution in [-0.4, -0.2) is 17.3 Å². The maximum absolute atomic E-state index is 10.7. The van der Waals surface area contributed by atoms with Crippen molar-refractivity contribution < 1.29 is 9.84 Å². The molecule has 0 saturated heterocycles. The molecule has 0 aromatic carbocycles. The summed E-state index contributed by atoms with van der Waals surface area (Å²) in [6.45, 7) is 5.29. The summed E-state index contributed by atoms with van der Waals surface area (Å²) in [6.07, 6.45) is 6.94. The van der Waals surface area contributed by atoms with Crippen LogP contribution in [0.4, 0.5) is 0 Å². The van der Waals surface area contributed by atoms with Crippen molar-refractivity contribution in [3.8, 4) is 0 Å². The lowest BCUT2D eigenvalue weighted by Crippen LogP contribution is -2.40. The van der Waals surface area contributed by atoms with Crippen molar-refractivity contribution in [2.45, 2.75) is 51.6 Å². The van der Waals surface area contributed by atoms with Gasteiger partial charge in [0, 0.05) is 0 Å². The van der Waals surface area contributed by atoms with Gasteiger partial charge in [0.05, 0.1) is 18.5 Å². The maximum atomic E-state index is 10.7. The van der Waals surface area contributed by atoms with Gasteiger partial charge >= 0.3 is 0 Å². The van der Waals surface area contributed by atoms with Gasteiger partial charge in [-0.1, -0.05) is 13.8 Å². The Morgan fingerprint density at radius 3 is 2.53 bits per heavy atom. The average Bonchev–Trinajstić information content (AvgIpc) is 2.17. The SMILES string of the molecule is CC1CC(C)CC(O)(C2=COCCC2)C1. The summed E-state index contributed by atoms with van der Waals surface area (Å²) in [5, 5.41) is 10.7. The van der Waals surface area contributed by atoms with Gasteiger partial charge in [0.15, 0.2) is 0 Å². The Bertz CT molecular complexity index is 247. The highest BCUT2D eigenvalue weighted by Crippen LogP contribution is 2.42. The van der Waals surface area contributed by atoms with Gasteiger partial charge in [0.2, 0.25) is 0 Å². The van der Waals surface area contributed by atoms with Crippen molar-refractivity contribution in [3.05, 3.63) is 11.8 Å². The van der Waals surface area contributed by atoms with Crippen LogP contribution in [0.25, 0.3) is 0 Å². The first-order chi connectivity index (χ1) is 7.10. The maximum Gasteiger partial charge on any atom is 0.0894 e. The fraction of sp³-hybridized carbons (Fsp3) is 0.846. The zero-order valence-corrected chi connectivity index (χ0v) is 9.83. The van der Waals surface area contributed by atoms with E-state index in [1.165, 1.54) is 6.42 Å². The third-order valence-electron chi connectivity index (χ3n) is 3.71. The Morgan fingerprint density at radius 1 is 1.33 bits per heavy atom. The lowest BCUT2D eigenvalue weighted by atomic mass is 9.70. The van der Waals surface area contributed by atoms with E-state index in [-0.39, 0.29) is 0 Å². The first-order valence-electron chi connectivity index (χ1n) is 6.14. The van der Waals surface area contributed by atoms with E-state index in [9.17, 15) is 5.11 Å². The molecule has 0 spiro atoms. The Hall–Kier alpha value is -0.500. The number of ether oxygens (including phenoxy) is 1. The summed E-state index contributed by atoms with van der Waals surface area (Å²) in [5.41, 5.74) is 0.560. The van der Waals surface area contributed by atoms with Crippen molar-refractivity contribution >= 4 is 0 Å². The molecule has 1 aliphatic heterocycles. The van der Waals surface area contributed by atoms with E-state index in [4.69, 9.17) is 4.74 Å². The van der Waals surface area contributed by atoms with Gasteiger partial charge in [-0.05, 0) is 49.5 Å². The van der Waals surface area contributed by atoms with E-state index < -0.39 is 5.60 Å². The van der Waals surface area contributed by atoms with Gasteiger partial charge in [-0.3, -0.25) is 0 Å². The molecule has 15 heavy (non-hydrogen) atoms. The van der Waals surface area contributed by atoms with Crippen LogP contribution in [0.15, 0.2) is 11.8 Å². The fourth-order valence-corrected chi connectivity index (χ4v) is 3.26. The highest BCUT2D eigenvalue weighted by Gasteiger charge is 2.39. The highest BCUT2D eigenvalue weighted by molar-refractivity contribution is 5.17. The normalized spacial score (nSPS) is 41.9. The summed E-state index contributed by atoms with van der Waals surface area (Å²) in [7, 11) is 0. The summed E-state index contributed by atoms with van der Waals surface area (Å²) in [4.78, 5) is 0. The first kappa shape index (κ1) is 11.0. The highest BCUT2D eigenvalue weighted by atomic mass is 16.5. The van der Waals surface area contributed by atoms with Crippen LogP contribution in [0.1, 0.15) is 46.0 Å². The Balaban J connectivity index is 2.13. The fourth-order valence-electron chi connectivity index (χ4n) is 3.26. The monoisotopic (exact) mass is 210 g/mol. The Labute approximate surface area is 92.3 Å². The second-order valence-electron chi connectivity index (χ2n) is 5.50. The van der Waals surface area contributed by atoms with Crippen LogP contribution >= 0.6 is 0 Å². The molecule has 86 valence electrons. The molecule has 2 atom stereocenters. The lowest BCUT2D eigenvalue weighted by molar-refractivity contribution is -0.00836. The predicted molar refractivity (Wildman–Crippen MR) is 60.4 cm³/mol. The lowest BCUT2D eigenvalue weighted by Gasteiger charge is -2.41. The molecule has 2 aliphatic rings. The average molecular weight is 210 g/mol. The smallest absolute Gasteiger partial charge is 0.0894 e. The molecule has 1 heterocycles. The molecule has 0 radical (unpaired) electrons. The molecule has 0 aromatic heterocycles. The van der Waals surface area contributed by atoms with Crippen molar-refractivity contribution in [3.63, 3.8) is 0 Å². The molecular formula is C13H22O2. The summed E-state index contributed by atoms with van der Waals surface area (Å²) in [6, 6.07) is 0. The minimum absolute atomic E-state index is 0.572. The zero-order valence-electron chi connectivity index (χ0n) is 9.83. The zero-order chi connectivity index (χ0) is 10.9. The second kappa shape index (κ2) is 4.17. The standard InChI is InChI=1S/C13H22O2/c1-10-6-11(2)8-13(14,7-10)12-4-3-5-15-9-12/h9-11,14H,3-8H2,1-2H3. The number of aliphatic hydroxyl groups is 1. The first-order valence-corrected chi connectivity index (χ1v) is 6.14. The molecule has 1 fully saturated rings. The van der Waals surface area contributed by atoms with Crippen LogP contribution in [0.5, 0.6) is 0 Å². The molecule has 1 aliphatic carbocycles. The molecule has 2 rings (SSSR count). The number of hydrogen-bond donors (Lipinski definition) is 1. The minimum atomic E-state index is -0.572. The summed E-state index contributed by atoms with van der Waals surface area (Å²) >= 11 is 0. The third-order valence-corrected chi connectivity index (χ3v) is 3.71. The molecule has 0 amide bonds. The molecule has 0 bridgehead atoms. The molecule has 2 unspecified atom stereocenters. The predicted octanol–water partition coefficient (Wildman–Crippen LogP) is 2.87. The largest absolute Gasteiger partial charge is 0.501 e. The molecule has 1 saturated carbocycles. The van der Waals surface area contributed by atoms with Crippen molar-refractivity contribution in [1.82, 2.24) is 0 Å². The van der Waals surface area contributed by atoms with Crippen molar-refractivity contribution in [2.75, 3.05) is 6.61 Å². The number of hydrogen-bond acceptors (Lipinski definition) is 2. The van der Waals surface area contributed by atoms with Gasteiger partial charge < -0.3 is 9.84 Å². The summed E-state index contributed by atoms with van der Waals surface area (Å²) < 4.78 is 5.35. The van der Waals surface area contributed by atoms with Gasteiger partial charge in [0.25, 0.3) is 0 Å². The minimum Gasteiger partial charge on any atom is -0.501 e. The quantitative estimate of drug-likeness (QED) is 0.721. The van der Waals surface area contributed by atoms with Gasteiger partial charge in [-0.2, -0.15) is 0 Å².